The molecule has 0 aromatic heterocycles. The Morgan fingerprint density at radius 1 is 1.00 bits per heavy atom. The first-order valence-corrected chi connectivity index (χ1v) is 6.09. The lowest BCUT2D eigenvalue weighted by Gasteiger charge is -2.12. The molecular formula is C16H19NO. The van der Waals surface area contributed by atoms with Gasteiger partial charge >= 0.3 is 0 Å². The molecule has 2 aromatic rings. The van der Waals surface area contributed by atoms with E-state index in [0.717, 1.165) is 17.9 Å². The highest BCUT2D eigenvalue weighted by atomic mass is 16.5. The fraction of sp³-hybridized carbons (Fsp3) is 0.250. The summed E-state index contributed by atoms with van der Waals surface area (Å²) in [5.74, 6) is 0.882. The molecule has 0 radical (unpaired) electrons. The largest absolute Gasteiger partial charge is 0.497 e. The molecule has 0 bridgehead atoms. The number of benzene rings is 2. The van der Waals surface area contributed by atoms with Crippen LogP contribution in [0.2, 0.25) is 0 Å². The molecule has 0 unspecified atom stereocenters. The SMILES string of the molecule is COc1ccc(Cc2c(N)ccc(C)c2C)cc1. The van der Waals surface area contributed by atoms with Gasteiger partial charge in [-0.2, -0.15) is 0 Å². The Bertz CT molecular complexity index is 544. The Balaban J connectivity index is 2.30. The maximum atomic E-state index is 6.07. The number of nitrogen functional groups attached to an aromatic ring is 1. The van der Waals surface area contributed by atoms with E-state index in [4.69, 9.17) is 10.5 Å². The molecule has 2 nitrogen and oxygen atoms in total. The lowest BCUT2D eigenvalue weighted by Crippen LogP contribution is -2.00. The lowest BCUT2D eigenvalue weighted by atomic mass is 9.95. The summed E-state index contributed by atoms with van der Waals surface area (Å²) in [6.45, 7) is 4.25. The van der Waals surface area contributed by atoms with E-state index in [2.05, 4.69) is 32.0 Å². The van der Waals surface area contributed by atoms with Crippen LogP contribution in [0.25, 0.3) is 0 Å². The molecule has 0 amide bonds. The molecule has 0 atom stereocenters. The van der Waals surface area contributed by atoms with E-state index in [1.807, 2.05) is 18.2 Å². The summed E-state index contributed by atoms with van der Waals surface area (Å²) >= 11 is 0. The highest BCUT2D eigenvalue weighted by Gasteiger charge is 2.06. The van der Waals surface area contributed by atoms with Gasteiger partial charge in [0.25, 0.3) is 0 Å². The van der Waals surface area contributed by atoms with Crippen LogP contribution in [0.4, 0.5) is 5.69 Å². The average Bonchev–Trinajstić information content (AvgIpc) is 2.40. The van der Waals surface area contributed by atoms with E-state index in [0.29, 0.717) is 0 Å². The van der Waals surface area contributed by atoms with Crippen molar-refractivity contribution in [3.05, 3.63) is 58.7 Å². The fourth-order valence-electron chi connectivity index (χ4n) is 2.08. The average molecular weight is 241 g/mol. The molecule has 2 heteroatoms. The topological polar surface area (TPSA) is 35.2 Å². The molecule has 0 heterocycles. The van der Waals surface area contributed by atoms with Gasteiger partial charge in [0.1, 0.15) is 5.75 Å². The highest BCUT2D eigenvalue weighted by Crippen LogP contribution is 2.24. The molecule has 0 aliphatic rings. The molecule has 0 saturated carbocycles. The predicted molar refractivity (Wildman–Crippen MR) is 76.1 cm³/mol. The third-order valence-electron chi connectivity index (χ3n) is 3.45. The predicted octanol–water partition coefficient (Wildman–Crippen LogP) is 3.49. The first-order chi connectivity index (χ1) is 8.61. The first-order valence-electron chi connectivity index (χ1n) is 6.09. The number of anilines is 1. The van der Waals surface area contributed by atoms with Crippen LogP contribution in [0.3, 0.4) is 0 Å². The van der Waals surface area contributed by atoms with Crippen molar-refractivity contribution in [3.63, 3.8) is 0 Å². The van der Waals surface area contributed by atoms with Crippen molar-refractivity contribution in [2.75, 3.05) is 12.8 Å². The zero-order valence-electron chi connectivity index (χ0n) is 11.2. The molecule has 0 aliphatic heterocycles. The number of hydrogen-bond acceptors (Lipinski definition) is 2. The van der Waals surface area contributed by atoms with Gasteiger partial charge in [0, 0.05) is 5.69 Å². The van der Waals surface area contributed by atoms with Crippen LogP contribution >= 0.6 is 0 Å². The number of ether oxygens (including phenoxy) is 1. The van der Waals surface area contributed by atoms with Crippen molar-refractivity contribution >= 4 is 5.69 Å². The number of hydrogen-bond donors (Lipinski definition) is 1. The van der Waals surface area contributed by atoms with Crippen LogP contribution in [-0.2, 0) is 6.42 Å². The Hall–Kier alpha value is -1.96. The quantitative estimate of drug-likeness (QED) is 0.835. The molecular weight excluding hydrogens is 222 g/mol. The summed E-state index contributed by atoms with van der Waals surface area (Å²) in [4.78, 5) is 0. The molecule has 2 aromatic carbocycles. The maximum Gasteiger partial charge on any atom is 0.118 e. The van der Waals surface area contributed by atoms with E-state index in [-0.39, 0.29) is 0 Å². The summed E-state index contributed by atoms with van der Waals surface area (Å²) in [5, 5.41) is 0. The second kappa shape index (κ2) is 5.13. The highest BCUT2D eigenvalue weighted by molar-refractivity contribution is 5.55. The lowest BCUT2D eigenvalue weighted by molar-refractivity contribution is 0.414. The van der Waals surface area contributed by atoms with E-state index in [1.54, 1.807) is 7.11 Å². The van der Waals surface area contributed by atoms with Gasteiger partial charge in [0.05, 0.1) is 7.11 Å². The van der Waals surface area contributed by atoms with Crippen LogP contribution in [0.15, 0.2) is 36.4 Å². The van der Waals surface area contributed by atoms with Gasteiger partial charge in [-0.15, -0.1) is 0 Å². The van der Waals surface area contributed by atoms with Gasteiger partial charge in [-0.3, -0.25) is 0 Å². The standard InChI is InChI=1S/C16H19NO/c1-11-4-9-16(17)15(12(11)2)10-13-5-7-14(18-3)8-6-13/h4-9H,10,17H2,1-3H3. The summed E-state index contributed by atoms with van der Waals surface area (Å²) in [5.41, 5.74) is 12.0. The molecule has 2 rings (SSSR count). The Labute approximate surface area is 108 Å². The smallest absolute Gasteiger partial charge is 0.118 e. The van der Waals surface area contributed by atoms with E-state index in [1.165, 1.54) is 22.3 Å². The van der Waals surface area contributed by atoms with Crippen molar-refractivity contribution in [1.29, 1.82) is 0 Å². The third-order valence-corrected chi connectivity index (χ3v) is 3.45. The molecule has 18 heavy (non-hydrogen) atoms. The maximum absolute atomic E-state index is 6.07. The number of rotatable bonds is 3. The van der Waals surface area contributed by atoms with Gasteiger partial charge < -0.3 is 10.5 Å². The van der Waals surface area contributed by atoms with Crippen molar-refractivity contribution in [3.8, 4) is 5.75 Å². The number of methoxy groups -OCH3 is 1. The monoisotopic (exact) mass is 241 g/mol. The Morgan fingerprint density at radius 3 is 2.28 bits per heavy atom. The second-order valence-electron chi connectivity index (χ2n) is 4.60. The number of aryl methyl sites for hydroxylation is 1. The van der Waals surface area contributed by atoms with Crippen molar-refractivity contribution in [2.45, 2.75) is 20.3 Å². The van der Waals surface area contributed by atoms with Crippen LogP contribution in [0.5, 0.6) is 5.75 Å². The fourth-order valence-corrected chi connectivity index (χ4v) is 2.08. The Kier molecular flexibility index (Phi) is 3.56. The minimum Gasteiger partial charge on any atom is -0.497 e. The van der Waals surface area contributed by atoms with Crippen molar-refractivity contribution in [2.24, 2.45) is 0 Å². The zero-order chi connectivity index (χ0) is 13.1. The van der Waals surface area contributed by atoms with Crippen molar-refractivity contribution in [1.82, 2.24) is 0 Å². The van der Waals surface area contributed by atoms with Crippen LogP contribution in [0.1, 0.15) is 22.3 Å². The summed E-state index contributed by atoms with van der Waals surface area (Å²) in [7, 11) is 1.68. The molecule has 0 fully saturated rings. The molecule has 2 N–H and O–H groups in total. The Morgan fingerprint density at radius 2 is 1.67 bits per heavy atom. The van der Waals surface area contributed by atoms with Crippen molar-refractivity contribution < 1.29 is 4.74 Å². The second-order valence-corrected chi connectivity index (χ2v) is 4.60. The van der Waals surface area contributed by atoms with E-state index < -0.39 is 0 Å². The minimum atomic E-state index is 0.864. The molecule has 0 aliphatic carbocycles. The normalized spacial score (nSPS) is 10.4. The molecule has 94 valence electrons. The summed E-state index contributed by atoms with van der Waals surface area (Å²) in [6.07, 6.45) is 0.864. The first kappa shape index (κ1) is 12.5. The van der Waals surface area contributed by atoms with Gasteiger partial charge in [-0.05, 0) is 60.7 Å². The third kappa shape index (κ3) is 2.48. The number of nitrogens with two attached hydrogens (primary N) is 1. The zero-order valence-corrected chi connectivity index (χ0v) is 11.2. The van der Waals surface area contributed by atoms with Gasteiger partial charge in [-0.1, -0.05) is 18.2 Å². The molecule has 0 spiro atoms. The van der Waals surface area contributed by atoms with Crippen LogP contribution in [0, 0.1) is 13.8 Å². The van der Waals surface area contributed by atoms with E-state index >= 15 is 0 Å². The molecule has 0 saturated heterocycles. The van der Waals surface area contributed by atoms with Gasteiger partial charge in [-0.25, -0.2) is 0 Å². The summed E-state index contributed by atoms with van der Waals surface area (Å²) in [6, 6.07) is 12.2. The van der Waals surface area contributed by atoms with Gasteiger partial charge in [0.15, 0.2) is 0 Å². The summed E-state index contributed by atoms with van der Waals surface area (Å²) < 4.78 is 5.16. The van der Waals surface area contributed by atoms with Crippen LogP contribution < -0.4 is 10.5 Å². The van der Waals surface area contributed by atoms with E-state index in [9.17, 15) is 0 Å². The van der Waals surface area contributed by atoms with Crippen LogP contribution in [-0.4, -0.2) is 7.11 Å². The van der Waals surface area contributed by atoms with Gasteiger partial charge in [0.2, 0.25) is 0 Å². The minimum absolute atomic E-state index is 0.864.